The Bertz CT molecular complexity index is 675. The van der Waals surface area contributed by atoms with Gasteiger partial charge < -0.3 is 10.2 Å². The Kier molecular flexibility index (Phi) is 6.56. The highest BCUT2D eigenvalue weighted by Crippen LogP contribution is 2.14. The Balaban J connectivity index is 1.83. The van der Waals surface area contributed by atoms with Crippen molar-refractivity contribution in [3.05, 3.63) is 64.7 Å². The van der Waals surface area contributed by atoms with Gasteiger partial charge in [0.1, 0.15) is 0 Å². The van der Waals surface area contributed by atoms with Crippen molar-refractivity contribution in [2.45, 2.75) is 33.1 Å². The summed E-state index contributed by atoms with van der Waals surface area (Å²) in [6.07, 6.45) is 2.30. The predicted octanol–water partition coefficient (Wildman–Crippen LogP) is 3.98. The van der Waals surface area contributed by atoms with Crippen LogP contribution >= 0.6 is 0 Å². The number of nitrogens with one attached hydrogen (secondary N) is 1. The lowest BCUT2D eigenvalue weighted by molar-refractivity contribution is -0.116. The molecule has 2 aromatic rings. The van der Waals surface area contributed by atoms with Crippen molar-refractivity contribution in [1.82, 2.24) is 4.90 Å². The summed E-state index contributed by atoms with van der Waals surface area (Å²) in [5.74, 6) is 0.0658. The fraction of sp³-hybridized carbons (Fsp3) is 0.381. The van der Waals surface area contributed by atoms with Crippen molar-refractivity contribution in [3.8, 4) is 0 Å². The van der Waals surface area contributed by atoms with Crippen LogP contribution in [-0.2, 0) is 17.6 Å². The molecule has 0 aromatic heterocycles. The number of carbonyl (C=O) groups is 1. The molecule has 0 aliphatic rings. The summed E-state index contributed by atoms with van der Waals surface area (Å²) in [5, 5.41) is 2.99. The third-order valence-electron chi connectivity index (χ3n) is 4.20. The van der Waals surface area contributed by atoms with Gasteiger partial charge in [-0.25, -0.2) is 0 Å². The van der Waals surface area contributed by atoms with Gasteiger partial charge in [-0.15, -0.1) is 0 Å². The van der Waals surface area contributed by atoms with E-state index >= 15 is 0 Å². The summed E-state index contributed by atoms with van der Waals surface area (Å²) in [6.45, 7) is 5.22. The minimum Gasteiger partial charge on any atom is -0.326 e. The van der Waals surface area contributed by atoms with Crippen molar-refractivity contribution in [3.63, 3.8) is 0 Å². The number of amides is 1. The van der Waals surface area contributed by atoms with E-state index in [1.807, 2.05) is 12.1 Å². The third kappa shape index (κ3) is 5.82. The van der Waals surface area contributed by atoms with Crippen LogP contribution in [0.1, 0.15) is 28.7 Å². The molecule has 128 valence electrons. The van der Waals surface area contributed by atoms with Crippen LogP contribution in [-0.4, -0.2) is 31.4 Å². The second-order valence-corrected chi connectivity index (χ2v) is 6.73. The number of hydrogen-bond donors (Lipinski definition) is 1. The maximum atomic E-state index is 12.1. The van der Waals surface area contributed by atoms with Gasteiger partial charge in [-0.1, -0.05) is 35.9 Å². The number of carbonyl (C=O) groups excluding carboxylic acids is 1. The highest BCUT2D eigenvalue weighted by atomic mass is 16.1. The second kappa shape index (κ2) is 8.65. The van der Waals surface area contributed by atoms with Crippen LogP contribution in [0.4, 0.5) is 5.69 Å². The molecule has 0 spiro atoms. The van der Waals surface area contributed by atoms with E-state index in [9.17, 15) is 4.79 Å². The van der Waals surface area contributed by atoms with E-state index in [1.54, 1.807) is 0 Å². The molecule has 3 heteroatoms. The van der Waals surface area contributed by atoms with Crippen LogP contribution in [0.5, 0.6) is 0 Å². The first-order valence-electron chi connectivity index (χ1n) is 8.53. The average molecular weight is 324 g/mol. The standard InChI is InChI=1S/C21H28N2O/c1-16-5-8-19(17(2)15-16)9-12-21(24)22-20-10-6-18(7-11-20)13-14-23(3)4/h5-8,10-11,15H,9,12-14H2,1-4H3,(H,22,24). The minimum absolute atomic E-state index is 0.0658. The highest BCUT2D eigenvalue weighted by molar-refractivity contribution is 5.90. The summed E-state index contributed by atoms with van der Waals surface area (Å²) in [7, 11) is 4.15. The minimum atomic E-state index is 0.0658. The van der Waals surface area contributed by atoms with Gasteiger partial charge in [0.15, 0.2) is 0 Å². The quantitative estimate of drug-likeness (QED) is 0.835. The van der Waals surface area contributed by atoms with Crippen molar-refractivity contribution in [2.75, 3.05) is 26.0 Å². The van der Waals surface area contributed by atoms with Gasteiger partial charge in [-0.3, -0.25) is 4.79 Å². The SMILES string of the molecule is Cc1ccc(CCC(=O)Nc2ccc(CCN(C)C)cc2)c(C)c1. The first kappa shape index (κ1) is 18.2. The number of rotatable bonds is 7. The number of nitrogens with zero attached hydrogens (tertiary/aromatic N) is 1. The largest absolute Gasteiger partial charge is 0.326 e. The van der Waals surface area contributed by atoms with Gasteiger partial charge in [0.25, 0.3) is 0 Å². The molecule has 0 aliphatic heterocycles. The summed E-state index contributed by atoms with van der Waals surface area (Å²) in [4.78, 5) is 14.3. The maximum Gasteiger partial charge on any atom is 0.224 e. The number of anilines is 1. The van der Waals surface area contributed by atoms with E-state index in [4.69, 9.17) is 0 Å². The van der Waals surface area contributed by atoms with Crippen LogP contribution in [0, 0.1) is 13.8 Å². The zero-order valence-electron chi connectivity index (χ0n) is 15.2. The van der Waals surface area contributed by atoms with Crippen molar-refractivity contribution in [2.24, 2.45) is 0 Å². The van der Waals surface area contributed by atoms with E-state index in [1.165, 1.54) is 22.3 Å². The van der Waals surface area contributed by atoms with Crippen LogP contribution in [0.25, 0.3) is 0 Å². The lowest BCUT2D eigenvalue weighted by Gasteiger charge is -2.10. The van der Waals surface area contributed by atoms with Crippen molar-refractivity contribution in [1.29, 1.82) is 0 Å². The van der Waals surface area contributed by atoms with E-state index in [0.717, 1.165) is 25.1 Å². The van der Waals surface area contributed by atoms with Crippen LogP contribution in [0.15, 0.2) is 42.5 Å². The van der Waals surface area contributed by atoms with Crippen molar-refractivity contribution < 1.29 is 4.79 Å². The van der Waals surface area contributed by atoms with Gasteiger partial charge in [0.05, 0.1) is 0 Å². The lowest BCUT2D eigenvalue weighted by Crippen LogP contribution is -2.15. The molecule has 0 aliphatic carbocycles. The maximum absolute atomic E-state index is 12.1. The van der Waals surface area contributed by atoms with Crippen LogP contribution in [0.2, 0.25) is 0 Å². The molecule has 0 saturated carbocycles. The zero-order valence-corrected chi connectivity index (χ0v) is 15.2. The van der Waals surface area contributed by atoms with Crippen LogP contribution in [0.3, 0.4) is 0 Å². The normalized spacial score (nSPS) is 10.9. The average Bonchev–Trinajstić information content (AvgIpc) is 2.53. The molecule has 0 bridgehead atoms. The molecule has 0 heterocycles. The highest BCUT2D eigenvalue weighted by Gasteiger charge is 2.05. The van der Waals surface area contributed by atoms with Gasteiger partial charge in [0, 0.05) is 18.7 Å². The first-order chi connectivity index (χ1) is 11.4. The Morgan fingerprint density at radius 1 is 1.00 bits per heavy atom. The van der Waals surface area contributed by atoms with Gasteiger partial charge in [0.2, 0.25) is 5.91 Å². The topological polar surface area (TPSA) is 32.3 Å². The summed E-state index contributed by atoms with van der Waals surface area (Å²) >= 11 is 0. The molecule has 1 N–H and O–H groups in total. The van der Waals surface area contributed by atoms with E-state index in [2.05, 4.69) is 68.5 Å². The molecule has 1 amide bonds. The zero-order chi connectivity index (χ0) is 17.5. The van der Waals surface area contributed by atoms with Crippen molar-refractivity contribution >= 4 is 11.6 Å². The summed E-state index contributed by atoms with van der Waals surface area (Å²) in [5.41, 5.74) is 5.92. The molecule has 0 unspecified atom stereocenters. The predicted molar refractivity (Wildman–Crippen MR) is 102 cm³/mol. The Hall–Kier alpha value is -2.13. The second-order valence-electron chi connectivity index (χ2n) is 6.73. The smallest absolute Gasteiger partial charge is 0.224 e. The molecular weight excluding hydrogens is 296 g/mol. The molecule has 0 radical (unpaired) electrons. The number of aryl methyl sites for hydroxylation is 3. The molecule has 0 atom stereocenters. The number of hydrogen-bond acceptors (Lipinski definition) is 2. The van der Waals surface area contributed by atoms with E-state index < -0.39 is 0 Å². The number of likely N-dealkylation sites (N-methyl/N-ethyl adjacent to an activating group) is 1. The van der Waals surface area contributed by atoms with E-state index in [-0.39, 0.29) is 5.91 Å². The third-order valence-corrected chi connectivity index (χ3v) is 4.20. The lowest BCUT2D eigenvalue weighted by atomic mass is 10.0. The van der Waals surface area contributed by atoms with Gasteiger partial charge in [-0.05, 0) is 69.6 Å². The first-order valence-corrected chi connectivity index (χ1v) is 8.53. The fourth-order valence-electron chi connectivity index (χ4n) is 2.71. The Morgan fingerprint density at radius 2 is 1.71 bits per heavy atom. The molecule has 2 rings (SSSR count). The van der Waals surface area contributed by atoms with Gasteiger partial charge in [-0.2, -0.15) is 0 Å². The summed E-state index contributed by atoms with van der Waals surface area (Å²) in [6, 6.07) is 14.5. The number of benzene rings is 2. The molecule has 24 heavy (non-hydrogen) atoms. The monoisotopic (exact) mass is 324 g/mol. The fourth-order valence-corrected chi connectivity index (χ4v) is 2.71. The Morgan fingerprint density at radius 3 is 2.33 bits per heavy atom. The summed E-state index contributed by atoms with van der Waals surface area (Å²) < 4.78 is 0. The molecule has 0 saturated heterocycles. The van der Waals surface area contributed by atoms with E-state index in [0.29, 0.717) is 6.42 Å². The molecular formula is C21H28N2O. The van der Waals surface area contributed by atoms with Gasteiger partial charge >= 0.3 is 0 Å². The Labute approximate surface area is 145 Å². The molecule has 2 aromatic carbocycles. The van der Waals surface area contributed by atoms with Crippen LogP contribution < -0.4 is 5.32 Å². The molecule has 0 fully saturated rings. The molecule has 3 nitrogen and oxygen atoms in total.